The Bertz CT molecular complexity index is 866. The molecule has 0 spiro atoms. The van der Waals surface area contributed by atoms with Gasteiger partial charge in [0.1, 0.15) is 0 Å². The average Bonchev–Trinajstić information content (AvgIpc) is 2.97. The normalized spacial score (nSPS) is 25.4. The van der Waals surface area contributed by atoms with Gasteiger partial charge in [0.15, 0.2) is 15.0 Å². The van der Waals surface area contributed by atoms with Crippen LogP contribution in [0.3, 0.4) is 0 Å². The molecule has 0 bridgehead atoms. The zero-order chi connectivity index (χ0) is 18.9. The molecule has 0 aromatic heterocycles. The van der Waals surface area contributed by atoms with E-state index in [0.717, 1.165) is 11.3 Å². The SMILES string of the molecule is Cc1cccc(N2C(=NC(=O)CCCC(=O)O)S[C@H]3CS(=O)(=O)C[C@H]32)c1. The van der Waals surface area contributed by atoms with Gasteiger partial charge in [-0.25, -0.2) is 8.42 Å². The second-order valence-electron chi connectivity index (χ2n) is 6.54. The number of hydrogen-bond acceptors (Lipinski definition) is 5. The molecular formula is C17H20N2O5S2. The first-order valence-electron chi connectivity index (χ1n) is 8.31. The minimum absolute atomic E-state index is 0.0465. The van der Waals surface area contributed by atoms with Crippen molar-refractivity contribution in [2.24, 2.45) is 4.99 Å². The van der Waals surface area contributed by atoms with Gasteiger partial charge in [-0.1, -0.05) is 23.9 Å². The molecule has 2 aliphatic heterocycles. The Labute approximate surface area is 156 Å². The van der Waals surface area contributed by atoms with Crippen molar-refractivity contribution in [3.05, 3.63) is 29.8 Å². The summed E-state index contributed by atoms with van der Waals surface area (Å²) in [5.41, 5.74) is 1.85. The lowest BCUT2D eigenvalue weighted by Crippen LogP contribution is -2.37. The molecule has 2 saturated heterocycles. The number of aliphatic carboxylic acids is 1. The van der Waals surface area contributed by atoms with Crippen molar-refractivity contribution in [3.63, 3.8) is 0 Å². The van der Waals surface area contributed by atoms with Crippen LogP contribution in [-0.4, -0.2) is 53.4 Å². The number of carboxylic acid groups (broad SMARTS) is 1. The maximum Gasteiger partial charge on any atom is 0.303 e. The predicted molar refractivity (Wildman–Crippen MR) is 101 cm³/mol. The molecule has 26 heavy (non-hydrogen) atoms. The summed E-state index contributed by atoms with van der Waals surface area (Å²) in [6.07, 6.45) is 0.224. The quantitative estimate of drug-likeness (QED) is 0.810. The molecule has 2 atom stereocenters. The van der Waals surface area contributed by atoms with Gasteiger partial charge in [0.25, 0.3) is 0 Å². The Hall–Kier alpha value is -1.87. The van der Waals surface area contributed by atoms with E-state index in [9.17, 15) is 18.0 Å². The number of thioether (sulfide) groups is 1. The van der Waals surface area contributed by atoms with Crippen LogP contribution in [0.2, 0.25) is 0 Å². The van der Waals surface area contributed by atoms with E-state index in [2.05, 4.69) is 4.99 Å². The number of aryl methyl sites for hydroxylation is 1. The number of carboxylic acids is 1. The van der Waals surface area contributed by atoms with E-state index in [0.29, 0.717) is 5.17 Å². The molecule has 1 N–H and O–H groups in total. The Balaban J connectivity index is 1.85. The minimum Gasteiger partial charge on any atom is -0.481 e. The van der Waals surface area contributed by atoms with Gasteiger partial charge in [-0.2, -0.15) is 4.99 Å². The summed E-state index contributed by atoms with van der Waals surface area (Å²) >= 11 is 1.32. The third-order valence-corrected chi connectivity index (χ3v) is 7.56. The molecule has 2 aliphatic rings. The third-order valence-electron chi connectivity index (χ3n) is 4.35. The lowest BCUT2D eigenvalue weighted by Gasteiger charge is -2.24. The number of carbonyl (C=O) groups excluding carboxylic acids is 1. The number of amidine groups is 1. The first-order chi connectivity index (χ1) is 12.2. The zero-order valence-electron chi connectivity index (χ0n) is 14.3. The Kier molecular flexibility index (Phi) is 5.38. The number of anilines is 1. The van der Waals surface area contributed by atoms with E-state index in [1.54, 1.807) is 0 Å². The monoisotopic (exact) mass is 396 g/mol. The average molecular weight is 396 g/mol. The fraction of sp³-hybridized carbons (Fsp3) is 0.471. The van der Waals surface area contributed by atoms with Crippen LogP contribution in [-0.2, 0) is 19.4 Å². The van der Waals surface area contributed by atoms with E-state index >= 15 is 0 Å². The molecule has 0 aliphatic carbocycles. The number of fused-ring (bicyclic) bond motifs is 1. The number of benzene rings is 1. The van der Waals surface area contributed by atoms with E-state index < -0.39 is 15.8 Å². The number of carbonyl (C=O) groups is 2. The van der Waals surface area contributed by atoms with Crippen molar-refractivity contribution in [2.45, 2.75) is 37.5 Å². The van der Waals surface area contributed by atoms with Crippen LogP contribution in [0.5, 0.6) is 0 Å². The predicted octanol–water partition coefficient (Wildman–Crippen LogP) is 1.85. The highest BCUT2D eigenvalue weighted by atomic mass is 32.2. The second kappa shape index (κ2) is 7.40. The van der Waals surface area contributed by atoms with Crippen molar-refractivity contribution in [3.8, 4) is 0 Å². The molecule has 0 unspecified atom stereocenters. The van der Waals surface area contributed by atoms with Crippen molar-refractivity contribution in [1.82, 2.24) is 0 Å². The van der Waals surface area contributed by atoms with E-state index in [-0.39, 0.29) is 48.0 Å². The third kappa shape index (κ3) is 4.27. The molecule has 2 fully saturated rings. The fourth-order valence-electron chi connectivity index (χ4n) is 3.20. The molecule has 1 aromatic rings. The molecule has 3 rings (SSSR count). The lowest BCUT2D eigenvalue weighted by molar-refractivity contribution is -0.137. The molecule has 140 valence electrons. The van der Waals surface area contributed by atoms with E-state index in [1.807, 2.05) is 36.1 Å². The highest BCUT2D eigenvalue weighted by molar-refractivity contribution is 8.16. The maximum atomic E-state index is 12.1. The van der Waals surface area contributed by atoms with Crippen LogP contribution in [0.15, 0.2) is 29.3 Å². The molecule has 9 heteroatoms. The van der Waals surface area contributed by atoms with Crippen LogP contribution in [0.25, 0.3) is 0 Å². The summed E-state index contributed by atoms with van der Waals surface area (Å²) in [6, 6.07) is 7.42. The molecule has 1 amide bonds. The van der Waals surface area contributed by atoms with Gasteiger partial charge in [-0.15, -0.1) is 0 Å². The summed E-state index contributed by atoms with van der Waals surface area (Å²) in [6.45, 7) is 1.95. The number of hydrogen-bond donors (Lipinski definition) is 1. The van der Waals surface area contributed by atoms with Crippen molar-refractivity contribution >= 4 is 44.3 Å². The zero-order valence-corrected chi connectivity index (χ0v) is 15.9. The van der Waals surface area contributed by atoms with Gasteiger partial charge in [-0.05, 0) is 31.0 Å². The largest absolute Gasteiger partial charge is 0.481 e. The molecule has 1 aromatic carbocycles. The Morgan fingerprint density at radius 3 is 2.77 bits per heavy atom. The minimum atomic E-state index is -3.10. The highest BCUT2D eigenvalue weighted by Gasteiger charge is 2.49. The first kappa shape index (κ1) is 18.9. The topological polar surface area (TPSA) is 104 Å². The number of nitrogens with zero attached hydrogens (tertiary/aromatic N) is 2. The van der Waals surface area contributed by atoms with Crippen LogP contribution in [0, 0.1) is 6.92 Å². The van der Waals surface area contributed by atoms with Gasteiger partial charge in [0.05, 0.1) is 17.5 Å². The van der Waals surface area contributed by atoms with Crippen molar-refractivity contribution < 1.29 is 23.1 Å². The molecule has 0 radical (unpaired) electrons. The smallest absolute Gasteiger partial charge is 0.303 e. The lowest BCUT2D eigenvalue weighted by atomic mass is 10.1. The molecule has 0 saturated carbocycles. The number of sulfone groups is 1. The van der Waals surface area contributed by atoms with Crippen LogP contribution >= 0.6 is 11.8 Å². The van der Waals surface area contributed by atoms with E-state index in [4.69, 9.17) is 5.11 Å². The molecule has 7 nitrogen and oxygen atoms in total. The van der Waals surface area contributed by atoms with Gasteiger partial charge >= 0.3 is 5.97 Å². The fourth-order valence-corrected chi connectivity index (χ4v) is 7.13. The van der Waals surface area contributed by atoms with Crippen molar-refractivity contribution in [2.75, 3.05) is 16.4 Å². The summed E-state index contributed by atoms with van der Waals surface area (Å²) < 4.78 is 24.0. The maximum absolute atomic E-state index is 12.1. The number of rotatable bonds is 5. The van der Waals surface area contributed by atoms with Crippen LogP contribution in [0.4, 0.5) is 5.69 Å². The van der Waals surface area contributed by atoms with Crippen LogP contribution < -0.4 is 4.90 Å². The summed E-state index contributed by atoms with van der Waals surface area (Å²) in [5.74, 6) is -1.20. The Morgan fingerprint density at radius 1 is 1.31 bits per heavy atom. The second-order valence-corrected chi connectivity index (χ2v) is 9.91. The Morgan fingerprint density at radius 2 is 2.08 bits per heavy atom. The van der Waals surface area contributed by atoms with Crippen LogP contribution in [0.1, 0.15) is 24.8 Å². The molecular weight excluding hydrogens is 376 g/mol. The molecule has 2 heterocycles. The standard InChI is InChI=1S/C17H20N2O5S2/c1-11-4-2-5-12(8-11)19-13-9-26(23,24)10-14(13)25-17(19)18-15(20)6-3-7-16(21)22/h2,4-5,8,13-14H,3,6-7,9-10H2,1H3,(H,21,22)/t13-,14+/m1/s1. The van der Waals surface area contributed by atoms with Gasteiger partial charge in [0.2, 0.25) is 5.91 Å². The van der Waals surface area contributed by atoms with E-state index in [1.165, 1.54) is 11.8 Å². The van der Waals surface area contributed by atoms with Crippen molar-refractivity contribution in [1.29, 1.82) is 0 Å². The summed E-state index contributed by atoms with van der Waals surface area (Å²) in [7, 11) is -3.10. The number of amides is 1. The summed E-state index contributed by atoms with van der Waals surface area (Å²) in [4.78, 5) is 28.7. The van der Waals surface area contributed by atoms with Gasteiger partial charge < -0.3 is 10.0 Å². The first-order valence-corrected chi connectivity index (χ1v) is 11.0. The summed E-state index contributed by atoms with van der Waals surface area (Å²) in [5, 5.41) is 9.02. The van der Waals surface area contributed by atoms with Gasteiger partial charge in [-0.3, -0.25) is 9.59 Å². The highest BCUT2D eigenvalue weighted by Crippen LogP contribution is 2.41. The van der Waals surface area contributed by atoms with Gasteiger partial charge in [0, 0.05) is 23.8 Å². The number of aliphatic imine (C=N–C) groups is 1.